The van der Waals surface area contributed by atoms with Gasteiger partial charge in [-0.05, 0) is 112 Å². The number of ether oxygens (including phenoxy) is 2. The molecule has 0 N–H and O–H groups in total. The summed E-state index contributed by atoms with van der Waals surface area (Å²) in [4.78, 5) is 27.7. The van der Waals surface area contributed by atoms with E-state index < -0.39 is 5.60 Å². The zero-order chi connectivity index (χ0) is 28.6. The van der Waals surface area contributed by atoms with E-state index in [0.29, 0.717) is 12.0 Å². The molecule has 1 saturated carbocycles. The Morgan fingerprint density at radius 1 is 1.07 bits per heavy atom. The smallest absolute Gasteiger partial charge is 0.418 e. The van der Waals surface area contributed by atoms with Crippen LogP contribution in [-0.4, -0.2) is 40.8 Å². The van der Waals surface area contributed by atoms with Crippen molar-refractivity contribution in [3.63, 3.8) is 0 Å². The maximum Gasteiger partial charge on any atom is 0.418 e. The molecule has 6 nitrogen and oxygen atoms in total. The lowest BCUT2D eigenvalue weighted by molar-refractivity contribution is 0.0542. The van der Waals surface area contributed by atoms with Crippen LogP contribution in [0.25, 0.3) is 10.9 Å². The van der Waals surface area contributed by atoms with E-state index in [2.05, 4.69) is 29.0 Å². The van der Waals surface area contributed by atoms with E-state index in [9.17, 15) is 9.59 Å². The van der Waals surface area contributed by atoms with Crippen LogP contribution >= 0.6 is 0 Å². The second-order valence-corrected chi connectivity index (χ2v) is 12.4. The minimum absolute atomic E-state index is 0.231. The van der Waals surface area contributed by atoms with Gasteiger partial charge in [0, 0.05) is 30.6 Å². The van der Waals surface area contributed by atoms with Crippen molar-refractivity contribution in [1.29, 1.82) is 0 Å². The predicted octanol–water partition coefficient (Wildman–Crippen LogP) is 7.06. The third kappa shape index (κ3) is 5.81. The molecule has 0 amide bonds. The van der Waals surface area contributed by atoms with Gasteiger partial charge < -0.3 is 9.47 Å². The lowest BCUT2D eigenvalue weighted by atomic mass is 9.83. The average Bonchev–Trinajstić information content (AvgIpc) is 3.67. The number of carbonyl (C=O) groups excluding carboxylic acids is 2. The molecule has 2 aliphatic rings. The Bertz CT molecular complexity index is 1450. The number of benzene rings is 2. The fraction of sp³-hybridized carbons (Fsp3) is 0.471. The van der Waals surface area contributed by atoms with Crippen LogP contribution in [0.15, 0.2) is 42.6 Å². The fourth-order valence-electron chi connectivity index (χ4n) is 6.32. The second kappa shape index (κ2) is 11.1. The molecule has 2 heterocycles. The third-order valence-electron chi connectivity index (χ3n) is 8.37. The van der Waals surface area contributed by atoms with Gasteiger partial charge in [-0.1, -0.05) is 18.2 Å². The molecule has 0 unspecified atom stereocenters. The Labute approximate surface area is 237 Å². The van der Waals surface area contributed by atoms with Gasteiger partial charge >= 0.3 is 12.1 Å². The Morgan fingerprint density at radius 2 is 1.80 bits per heavy atom. The molecule has 2 aromatic carbocycles. The first kappa shape index (κ1) is 28.0. The number of fused-ring (bicyclic) bond motifs is 1. The van der Waals surface area contributed by atoms with E-state index in [-0.39, 0.29) is 18.1 Å². The monoisotopic (exact) mass is 540 g/mol. The lowest BCUT2D eigenvalue weighted by Gasteiger charge is -2.40. The molecular formula is C34H40N2O4. The molecule has 1 aliphatic heterocycles. The highest BCUT2D eigenvalue weighted by atomic mass is 16.6. The van der Waals surface area contributed by atoms with Crippen molar-refractivity contribution in [3.05, 3.63) is 70.4 Å². The molecule has 5 rings (SSSR count). The molecule has 3 aromatic rings. The molecule has 1 saturated heterocycles. The Morgan fingerprint density at radius 3 is 2.42 bits per heavy atom. The molecule has 210 valence electrons. The van der Waals surface area contributed by atoms with E-state index in [0.717, 1.165) is 53.4 Å². The quantitative estimate of drug-likeness (QED) is 0.247. The fourth-order valence-corrected chi connectivity index (χ4v) is 6.32. The summed E-state index contributed by atoms with van der Waals surface area (Å²) < 4.78 is 12.2. The Balaban J connectivity index is 1.53. The summed E-state index contributed by atoms with van der Waals surface area (Å²) >= 11 is 0. The number of piperidine rings is 1. The van der Waals surface area contributed by atoms with Crippen LogP contribution in [0.2, 0.25) is 0 Å². The largest absolute Gasteiger partial charge is 0.465 e. The number of hydrogen-bond acceptors (Lipinski definition) is 5. The lowest BCUT2D eigenvalue weighted by Crippen LogP contribution is -2.37. The number of terminal acetylenes is 1. The SMILES string of the molecule is C#CCc1cc(C)c2c(ccn2C(=O)OC(C)(C)C)c1CN1CC[C@@H](C2CC2)C[C@H]1c1ccc(C(=O)OC)cc1. The van der Waals surface area contributed by atoms with Gasteiger partial charge in [-0.3, -0.25) is 9.47 Å². The normalized spacial score (nSPS) is 19.8. The average molecular weight is 541 g/mol. The van der Waals surface area contributed by atoms with E-state index in [1.54, 1.807) is 4.57 Å². The summed E-state index contributed by atoms with van der Waals surface area (Å²) in [5.41, 5.74) is 5.36. The minimum Gasteiger partial charge on any atom is -0.465 e. The number of methoxy groups -OCH3 is 1. The van der Waals surface area contributed by atoms with Crippen molar-refractivity contribution < 1.29 is 19.1 Å². The van der Waals surface area contributed by atoms with Gasteiger partial charge in [0.05, 0.1) is 18.2 Å². The Hall–Kier alpha value is -3.56. The number of likely N-dealkylation sites (tertiary alicyclic amines) is 1. The molecule has 2 atom stereocenters. The summed E-state index contributed by atoms with van der Waals surface area (Å²) in [6.45, 7) is 9.38. The molecule has 1 aliphatic carbocycles. The molecule has 0 spiro atoms. The summed E-state index contributed by atoms with van der Waals surface area (Å²) in [5, 5.41) is 1.04. The van der Waals surface area contributed by atoms with Gasteiger partial charge in [-0.2, -0.15) is 0 Å². The van der Waals surface area contributed by atoms with Crippen LogP contribution < -0.4 is 0 Å². The van der Waals surface area contributed by atoms with E-state index in [1.165, 1.54) is 37.5 Å². The number of rotatable bonds is 6. The van der Waals surface area contributed by atoms with Crippen molar-refractivity contribution in [2.75, 3.05) is 13.7 Å². The summed E-state index contributed by atoms with van der Waals surface area (Å²) in [6, 6.07) is 12.3. The standard InChI is InChI=1S/C34H40N2O4/c1-7-8-27-19-22(2)31-28(16-18-36(31)33(38)40-34(3,4)5)29(27)21-35-17-15-26(23-9-10-23)20-30(35)24-11-13-25(14-12-24)32(37)39-6/h1,11-14,16,18-19,23,26,30H,8-10,15,17,20-21H2,2-6H3/t26-,30+/m1/s1. The van der Waals surface area contributed by atoms with Crippen molar-refractivity contribution in [3.8, 4) is 12.3 Å². The van der Waals surface area contributed by atoms with Crippen molar-refractivity contribution >= 4 is 23.0 Å². The van der Waals surface area contributed by atoms with Gasteiger partial charge in [0.15, 0.2) is 0 Å². The molecule has 40 heavy (non-hydrogen) atoms. The second-order valence-electron chi connectivity index (χ2n) is 12.4. The van der Waals surface area contributed by atoms with Gasteiger partial charge in [0.25, 0.3) is 0 Å². The zero-order valence-electron chi connectivity index (χ0n) is 24.3. The highest BCUT2D eigenvalue weighted by Crippen LogP contribution is 2.47. The number of esters is 1. The number of carbonyl (C=O) groups is 2. The number of hydrogen-bond donors (Lipinski definition) is 0. The summed E-state index contributed by atoms with van der Waals surface area (Å²) in [7, 11) is 1.41. The van der Waals surface area contributed by atoms with Crippen LogP contribution in [-0.2, 0) is 22.4 Å². The summed E-state index contributed by atoms with van der Waals surface area (Å²) in [6.07, 6.45) is 12.7. The van der Waals surface area contributed by atoms with Crippen LogP contribution in [0.1, 0.15) is 85.1 Å². The van der Waals surface area contributed by atoms with E-state index in [4.69, 9.17) is 15.9 Å². The Kier molecular flexibility index (Phi) is 7.79. The zero-order valence-corrected chi connectivity index (χ0v) is 24.3. The molecule has 0 bridgehead atoms. The highest BCUT2D eigenvalue weighted by molar-refractivity contribution is 5.94. The third-order valence-corrected chi connectivity index (χ3v) is 8.37. The number of nitrogens with zero attached hydrogens (tertiary/aromatic N) is 2. The summed E-state index contributed by atoms with van der Waals surface area (Å²) in [5.74, 6) is 4.09. The van der Waals surface area contributed by atoms with Crippen molar-refractivity contribution in [1.82, 2.24) is 9.47 Å². The number of aromatic nitrogens is 1. The maximum absolute atomic E-state index is 13.1. The van der Waals surface area contributed by atoms with Crippen LogP contribution in [0, 0.1) is 31.1 Å². The number of aryl methyl sites for hydroxylation is 1. The predicted molar refractivity (Wildman–Crippen MR) is 157 cm³/mol. The van der Waals surface area contributed by atoms with Crippen LogP contribution in [0.3, 0.4) is 0 Å². The highest BCUT2D eigenvalue weighted by Gasteiger charge is 2.38. The van der Waals surface area contributed by atoms with Crippen LogP contribution in [0.5, 0.6) is 0 Å². The van der Waals surface area contributed by atoms with Gasteiger partial charge in [-0.15, -0.1) is 12.3 Å². The van der Waals surface area contributed by atoms with Crippen molar-refractivity contribution in [2.24, 2.45) is 11.8 Å². The molecule has 0 radical (unpaired) electrons. The van der Waals surface area contributed by atoms with Gasteiger partial charge in [-0.25, -0.2) is 9.59 Å². The first-order valence-corrected chi connectivity index (χ1v) is 14.3. The minimum atomic E-state index is -0.587. The molecular weight excluding hydrogens is 500 g/mol. The van der Waals surface area contributed by atoms with Crippen molar-refractivity contribution in [2.45, 2.75) is 78.0 Å². The molecule has 1 aromatic heterocycles. The van der Waals surface area contributed by atoms with Gasteiger partial charge in [0.1, 0.15) is 5.60 Å². The van der Waals surface area contributed by atoms with E-state index in [1.807, 2.05) is 52.1 Å². The molecule has 2 fully saturated rings. The first-order valence-electron chi connectivity index (χ1n) is 14.3. The van der Waals surface area contributed by atoms with Crippen LogP contribution in [0.4, 0.5) is 4.79 Å². The maximum atomic E-state index is 13.1. The van der Waals surface area contributed by atoms with E-state index >= 15 is 0 Å². The topological polar surface area (TPSA) is 60.8 Å². The first-order chi connectivity index (χ1) is 19.1. The molecule has 6 heteroatoms. The van der Waals surface area contributed by atoms with Gasteiger partial charge in [0.2, 0.25) is 0 Å².